The first kappa shape index (κ1) is 15.2. The van der Waals surface area contributed by atoms with Gasteiger partial charge in [-0.25, -0.2) is 4.98 Å². The van der Waals surface area contributed by atoms with Crippen LogP contribution in [0.5, 0.6) is 0 Å². The zero-order valence-corrected chi connectivity index (χ0v) is 13.4. The molecule has 0 saturated carbocycles. The Hall–Kier alpha value is -2.69. The smallest absolute Gasteiger partial charge is 0.272 e. The molecule has 5 nitrogen and oxygen atoms in total. The van der Waals surface area contributed by atoms with Crippen LogP contribution in [0.4, 0.5) is 0 Å². The van der Waals surface area contributed by atoms with Gasteiger partial charge in [-0.15, -0.1) is 0 Å². The van der Waals surface area contributed by atoms with Gasteiger partial charge in [0.05, 0.1) is 17.6 Å². The van der Waals surface area contributed by atoms with Crippen molar-refractivity contribution in [2.24, 2.45) is 0 Å². The van der Waals surface area contributed by atoms with Gasteiger partial charge in [0, 0.05) is 19.8 Å². The highest BCUT2D eigenvalue weighted by Gasteiger charge is 2.17. The molecule has 0 N–H and O–H groups in total. The number of para-hydroxylation sites is 2. The van der Waals surface area contributed by atoms with E-state index in [1.165, 1.54) is 0 Å². The average molecular weight is 308 g/mol. The Morgan fingerprint density at radius 1 is 1.17 bits per heavy atom. The van der Waals surface area contributed by atoms with Crippen LogP contribution in [0.2, 0.25) is 0 Å². The van der Waals surface area contributed by atoms with E-state index in [-0.39, 0.29) is 5.91 Å². The molecule has 3 aromatic rings. The molecule has 2 aromatic heterocycles. The zero-order chi connectivity index (χ0) is 16.2. The van der Waals surface area contributed by atoms with Crippen LogP contribution in [-0.2, 0) is 13.1 Å². The molecule has 0 aliphatic rings. The number of amides is 1. The molecule has 3 rings (SSSR count). The third-order valence-electron chi connectivity index (χ3n) is 3.79. The summed E-state index contributed by atoms with van der Waals surface area (Å²) in [6.07, 6.45) is 2.65. The SMILES string of the molecule is CCCn1c(CN(C)C(=O)c2ccccn2)nc2ccccc21. The highest BCUT2D eigenvalue weighted by Crippen LogP contribution is 2.18. The first-order valence-electron chi connectivity index (χ1n) is 7.81. The molecular formula is C18H20N4O. The summed E-state index contributed by atoms with van der Waals surface area (Å²) in [5, 5.41) is 0. The highest BCUT2D eigenvalue weighted by atomic mass is 16.2. The van der Waals surface area contributed by atoms with Gasteiger partial charge in [0.2, 0.25) is 0 Å². The molecule has 2 heterocycles. The Labute approximate surface area is 135 Å². The van der Waals surface area contributed by atoms with Gasteiger partial charge < -0.3 is 9.47 Å². The number of nitrogens with zero attached hydrogens (tertiary/aromatic N) is 4. The molecule has 0 spiro atoms. The van der Waals surface area contributed by atoms with Crippen molar-refractivity contribution >= 4 is 16.9 Å². The number of aryl methyl sites for hydroxylation is 1. The first-order valence-corrected chi connectivity index (χ1v) is 7.81. The Bertz CT molecular complexity index is 810. The number of hydrogen-bond donors (Lipinski definition) is 0. The van der Waals surface area contributed by atoms with E-state index in [1.54, 1.807) is 30.3 Å². The van der Waals surface area contributed by atoms with Crippen LogP contribution in [0.15, 0.2) is 48.7 Å². The van der Waals surface area contributed by atoms with Crippen LogP contribution in [0.25, 0.3) is 11.0 Å². The van der Waals surface area contributed by atoms with Gasteiger partial charge in [-0.2, -0.15) is 0 Å². The molecular weight excluding hydrogens is 288 g/mol. The maximum absolute atomic E-state index is 12.5. The number of carbonyl (C=O) groups excluding carboxylic acids is 1. The Kier molecular flexibility index (Phi) is 4.37. The highest BCUT2D eigenvalue weighted by molar-refractivity contribution is 5.92. The minimum Gasteiger partial charge on any atom is -0.333 e. The summed E-state index contributed by atoms with van der Waals surface area (Å²) in [4.78, 5) is 22.9. The van der Waals surface area contributed by atoms with Crippen LogP contribution in [0, 0.1) is 0 Å². The Balaban J connectivity index is 1.88. The van der Waals surface area contributed by atoms with E-state index < -0.39 is 0 Å². The third-order valence-corrected chi connectivity index (χ3v) is 3.79. The molecule has 0 bridgehead atoms. The Morgan fingerprint density at radius 3 is 2.70 bits per heavy atom. The minimum absolute atomic E-state index is 0.0966. The van der Waals surface area contributed by atoms with E-state index in [2.05, 4.69) is 22.5 Å². The predicted molar refractivity (Wildman–Crippen MR) is 90.1 cm³/mol. The van der Waals surface area contributed by atoms with E-state index in [4.69, 9.17) is 4.98 Å². The summed E-state index contributed by atoms with van der Waals surface area (Å²) < 4.78 is 2.19. The van der Waals surface area contributed by atoms with Crippen molar-refractivity contribution in [3.8, 4) is 0 Å². The van der Waals surface area contributed by atoms with E-state index in [9.17, 15) is 4.79 Å². The number of pyridine rings is 1. The second-order valence-electron chi connectivity index (χ2n) is 5.54. The second kappa shape index (κ2) is 6.60. The maximum atomic E-state index is 12.5. The number of fused-ring (bicyclic) bond motifs is 1. The molecule has 0 atom stereocenters. The number of benzene rings is 1. The van der Waals surface area contributed by atoms with E-state index >= 15 is 0 Å². The monoisotopic (exact) mass is 308 g/mol. The second-order valence-corrected chi connectivity index (χ2v) is 5.54. The molecule has 0 fully saturated rings. The number of carbonyl (C=O) groups is 1. The summed E-state index contributed by atoms with van der Waals surface area (Å²) in [6, 6.07) is 13.4. The van der Waals surface area contributed by atoms with Crippen molar-refractivity contribution in [3.63, 3.8) is 0 Å². The van der Waals surface area contributed by atoms with Gasteiger partial charge in [0.15, 0.2) is 0 Å². The lowest BCUT2D eigenvalue weighted by atomic mass is 10.3. The fourth-order valence-electron chi connectivity index (χ4n) is 2.69. The van der Waals surface area contributed by atoms with Gasteiger partial charge in [0.1, 0.15) is 11.5 Å². The lowest BCUT2D eigenvalue weighted by Gasteiger charge is -2.17. The molecule has 0 unspecified atom stereocenters. The van der Waals surface area contributed by atoms with Crippen molar-refractivity contribution in [1.82, 2.24) is 19.4 Å². The molecule has 0 radical (unpaired) electrons. The number of imidazole rings is 1. The fraction of sp³-hybridized carbons (Fsp3) is 0.278. The lowest BCUT2D eigenvalue weighted by molar-refractivity contribution is 0.0774. The zero-order valence-electron chi connectivity index (χ0n) is 13.4. The van der Waals surface area contributed by atoms with Gasteiger partial charge in [0.25, 0.3) is 5.91 Å². The van der Waals surface area contributed by atoms with Crippen LogP contribution in [-0.4, -0.2) is 32.4 Å². The van der Waals surface area contributed by atoms with Crippen LogP contribution in [0.1, 0.15) is 29.7 Å². The largest absolute Gasteiger partial charge is 0.333 e. The van der Waals surface area contributed by atoms with Crippen LogP contribution >= 0.6 is 0 Å². The standard InChI is InChI=1S/C18H20N4O/c1-3-12-22-16-10-5-4-8-14(16)20-17(22)13-21(2)18(23)15-9-6-7-11-19-15/h4-11H,3,12-13H2,1-2H3. The quantitative estimate of drug-likeness (QED) is 0.727. The molecule has 0 aliphatic heterocycles. The Morgan fingerprint density at radius 2 is 1.96 bits per heavy atom. The molecule has 1 amide bonds. The van der Waals surface area contributed by atoms with Gasteiger partial charge >= 0.3 is 0 Å². The van der Waals surface area contributed by atoms with E-state index in [1.807, 2.05) is 24.3 Å². The lowest BCUT2D eigenvalue weighted by Crippen LogP contribution is -2.28. The molecule has 0 saturated heterocycles. The normalized spacial score (nSPS) is 10.9. The minimum atomic E-state index is -0.0966. The molecule has 5 heteroatoms. The van der Waals surface area contributed by atoms with Crippen LogP contribution in [0.3, 0.4) is 0 Å². The van der Waals surface area contributed by atoms with Crippen molar-refractivity contribution in [2.75, 3.05) is 7.05 Å². The summed E-state index contributed by atoms with van der Waals surface area (Å²) >= 11 is 0. The summed E-state index contributed by atoms with van der Waals surface area (Å²) in [6.45, 7) is 3.49. The summed E-state index contributed by atoms with van der Waals surface area (Å²) in [5.74, 6) is 0.806. The molecule has 0 aliphatic carbocycles. The maximum Gasteiger partial charge on any atom is 0.272 e. The molecule has 118 valence electrons. The first-order chi connectivity index (χ1) is 11.2. The van der Waals surface area contributed by atoms with Gasteiger partial charge in [-0.05, 0) is 30.7 Å². The number of aromatic nitrogens is 3. The summed E-state index contributed by atoms with van der Waals surface area (Å²) in [5.41, 5.74) is 2.53. The third kappa shape index (κ3) is 3.08. The van der Waals surface area contributed by atoms with Crippen molar-refractivity contribution in [1.29, 1.82) is 0 Å². The van der Waals surface area contributed by atoms with Crippen molar-refractivity contribution in [3.05, 3.63) is 60.2 Å². The predicted octanol–water partition coefficient (Wildman–Crippen LogP) is 3.11. The van der Waals surface area contributed by atoms with E-state index in [0.717, 1.165) is 29.8 Å². The average Bonchev–Trinajstić information content (AvgIpc) is 2.93. The van der Waals surface area contributed by atoms with Gasteiger partial charge in [-0.3, -0.25) is 9.78 Å². The van der Waals surface area contributed by atoms with Crippen molar-refractivity contribution in [2.45, 2.75) is 26.4 Å². The van der Waals surface area contributed by atoms with E-state index in [0.29, 0.717) is 12.2 Å². The topological polar surface area (TPSA) is 51.0 Å². The van der Waals surface area contributed by atoms with Crippen molar-refractivity contribution < 1.29 is 4.79 Å². The fourth-order valence-corrected chi connectivity index (χ4v) is 2.69. The molecule has 1 aromatic carbocycles. The molecule has 23 heavy (non-hydrogen) atoms. The number of hydrogen-bond acceptors (Lipinski definition) is 3. The number of rotatable bonds is 5. The van der Waals surface area contributed by atoms with Crippen LogP contribution < -0.4 is 0 Å². The summed E-state index contributed by atoms with van der Waals surface area (Å²) in [7, 11) is 1.78. The van der Waals surface area contributed by atoms with Gasteiger partial charge in [-0.1, -0.05) is 25.1 Å².